The Labute approximate surface area is 139 Å². The summed E-state index contributed by atoms with van der Waals surface area (Å²) in [5, 5.41) is 13.3. The molecule has 0 spiro atoms. The van der Waals surface area contributed by atoms with Gasteiger partial charge in [0.15, 0.2) is 0 Å². The third kappa shape index (κ3) is 7.36. The van der Waals surface area contributed by atoms with Crippen molar-refractivity contribution >= 4 is 23.8 Å². The molecule has 2 rings (SSSR count). The van der Waals surface area contributed by atoms with Crippen LogP contribution in [0.15, 0.2) is 9.64 Å². The molecule has 1 fully saturated rings. The summed E-state index contributed by atoms with van der Waals surface area (Å²) >= 11 is 1.17. The summed E-state index contributed by atoms with van der Waals surface area (Å²) in [5.74, 6) is 1.09. The maximum atomic E-state index is 11.6. The Hall–Kier alpha value is -1.77. The van der Waals surface area contributed by atoms with Crippen molar-refractivity contribution in [2.75, 3.05) is 12.3 Å². The molecular formula is C14H22N4O4S. The lowest BCUT2D eigenvalue weighted by Crippen LogP contribution is -2.32. The Morgan fingerprint density at radius 3 is 2.70 bits per heavy atom. The van der Waals surface area contributed by atoms with E-state index in [4.69, 9.17) is 9.15 Å². The van der Waals surface area contributed by atoms with Crippen LogP contribution < -0.4 is 10.6 Å². The molecule has 2 amide bonds. The van der Waals surface area contributed by atoms with Gasteiger partial charge in [-0.15, -0.1) is 10.2 Å². The van der Waals surface area contributed by atoms with Crippen molar-refractivity contribution in [1.29, 1.82) is 0 Å². The van der Waals surface area contributed by atoms with Crippen LogP contribution in [0.3, 0.4) is 0 Å². The van der Waals surface area contributed by atoms with Crippen molar-refractivity contribution in [1.82, 2.24) is 20.8 Å². The molecule has 23 heavy (non-hydrogen) atoms. The van der Waals surface area contributed by atoms with Gasteiger partial charge in [-0.05, 0) is 39.5 Å². The number of nitrogens with zero attached hydrogens (tertiary/aromatic N) is 2. The second-order valence-corrected chi connectivity index (χ2v) is 7.28. The molecule has 1 saturated carbocycles. The van der Waals surface area contributed by atoms with Gasteiger partial charge >= 0.3 is 6.09 Å². The highest BCUT2D eigenvalue weighted by atomic mass is 32.2. The number of carbonyl (C=O) groups excluding carboxylic acids is 2. The standard InChI is InChI=1S/C14H22N4O4S/c1-14(2,3)22-12(20)16-7-11-17-18-13(21-11)23-8-10(19)15-6-9-4-5-9/h9H,4-8H2,1-3H3,(H,15,19)(H,16,20). The zero-order valence-electron chi connectivity index (χ0n) is 13.5. The average Bonchev–Trinajstić information content (AvgIpc) is 3.17. The van der Waals surface area contributed by atoms with Gasteiger partial charge in [0.2, 0.25) is 11.8 Å². The molecule has 1 aliphatic carbocycles. The van der Waals surface area contributed by atoms with Crippen LogP contribution in [0.1, 0.15) is 39.5 Å². The summed E-state index contributed by atoms with van der Waals surface area (Å²) in [5.41, 5.74) is -0.562. The second kappa shape index (κ2) is 7.67. The first-order valence-electron chi connectivity index (χ1n) is 7.50. The Balaban J connectivity index is 1.66. The van der Waals surface area contributed by atoms with Crippen LogP contribution in [-0.2, 0) is 16.1 Å². The number of nitrogens with one attached hydrogen (secondary N) is 2. The largest absolute Gasteiger partial charge is 0.444 e. The predicted octanol–water partition coefficient (Wildman–Crippen LogP) is 1.71. The fourth-order valence-electron chi connectivity index (χ4n) is 1.59. The Bertz CT molecular complexity index is 551. The molecule has 0 bridgehead atoms. The van der Waals surface area contributed by atoms with E-state index in [1.54, 1.807) is 20.8 Å². The van der Waals surface area contributed by atoms with E-state index in [0.29, 0.717) is 11.1 Å². The molecule has 0 aromatic carbocycles. The quantitative estimate of drug-likeness (QED) is 0.726. The van der Waals surface area contributed by atoms with Gasteiger partial charge < -0.3 is 19.8 Å². The van der Waals surface area contributed by atoms with E-state index >= 15 is 0 Å². The van der Waals surface area contributed by atoms with Crippen molar-refractivity contribution in [2.24, 2.45) is 5.92 Å². The van der Waals surface area contributed by atoms with Crippen LogP contribution in [0, 0.1) is 5.92 Å². The number of hydrogen-bond donors (Lipinski definition) is 2. The minimum Gasteiger partial charge on any atom is -0.444 e. The van der Waals surface area contributed by atoms with Crippen LogP contribution in [0.2, 0.25) is 0 Å². The van der Waals surface area contributed by atoms with E-state index in [0.717, 1.165) is 6.54 Å². The molecule has 0 atom stereocenters. The fraction of sp³-hybridized carbons (Fsp3) is 0.714. The predicted molar refractivity (Wildman–Crippen MR) is 83.8 cm³/mol. The summed E-state index contributed by atoms with van der Waals surface area (Å²) in [6.07, 6.45) is 1.85. The molecular weight excluding hydrogens is 320 g/mol. The molecule has 1 aromatic heterocycles. The maximum absolute atomic E-state index is 11.6. The smallest absolute Gasteiger partial charge is 0.408 e. The lowest BCUT2D eigenvalue weighted by atomic mass is 10.2. The Kier molecular flexibility index (Phi) is 5.86. The number of ether oxygens (including phenoxy) is 1. The van der Waals surface area contributed by atoms with Crippen LogP contribution in [0.5, 0.6) is 0 Å². The van der Waals surface area contributed by atoms with Crippen LogP contribution in [-0.4, -0.2) is 40.1 Å². The second-order valence-electron chi connectivity index (χ2n) is 6.35. The number of rotatable bonds is 7. The van der Waals surface area contributed by atoms with Gasteiger partial charge in [-0.25, -0.2) is 4.79 Å². The highest BCUT2D eigenvalue weighted by molar-refractivity contribution is 7.99. The van der Waals surface area contributed by atoms with Gasteiger partial charge in [-0.1, -0.05) is 11.8 Å². The highest BCUT2D eigenvalue weighted by Crippen LogP contribution is 2.27. The third-order valence-electron chi connectivity index (χ3n) is 2.84. The average molecular weight is 342 g/mol. The van der Waals surface area contributed by atoms with Gasteiger partial charge in [0.05, 0.1) is 12.3 Å². The Morgan fingerprint density at radius 1 is 1.30 bits per heavy atom. The van der Waals surface area contributed by atoms with Gasteiger partial charge in [-0.2, -0.15) is 0 Å². The summed E-state index contributed by atoms with van der Waals surface area (Å²) in [4.78, 5) is 23.1. The number of alkyl carbamates (subject to hydrolysis) is 1. The molecule has 0 unspecified atom stereocenters. The van der Waals surface area contributed by atoms with E-state index in [1.807, 2.05) is 0 Å². The first-order chi connectivity index (χ1) is 10.8. The number of hydrogen-bond acceptors (Lipinski definition) is 7. The van der Waals surface area contributed by atoms with Crippen LogP contribution in [0.4, 0.5) is 4.79 Å². The number of thioether (sulfide) groups is 1. The van der Waals surface area contributed by atoms with E-state index in [-0.39, 0.29) is 24.1 Å². The van der Waals surface area contributed by atoms with Crippen molar-refractivity contribution < 1.29 is 18.7 Å². The van der Waals surface area contributed by atoms with E-state index in [9.17, 15) is 9.59 Å². The normalized spacial score (nSPS) is 14.4. The molecule has 0 saturated heterocycles. The highest BCUT2D eigenvalue weighted by Gasteiger charge is 2.21. The zero-order valence-corrected chi connectivity index (χ0v) is 14.4. The minimum atomic E-state index is -0.562. The number of aromatic nitrogens is 2. The van der Waals surface area contributed by atoms with Crippen LogP contribution in [0.25, 0.3) is 0 Å². The molecule has 0 aliphatic heterocycles. The maximum Gasteiger partial charge on any atom is 0.408 e. The molecule has 1 aromatic rings. The fourth-order valence-corrected chi connectivity index (χ4v) is 2.20. The first kappa shape index (κ1) is 17.6. The van der Waals surface area contributed by atoms with Gasteiger partial charge in [-0.3, -0.25) is 4.79 Å². The van der Waals surface area contributed by atoms with Crippen molar-refractivity contribution in [3.05, 3.63) is 5.89 Å². The van der Waals surface area contributed by atoms with Crippen molar-refractivity contribution in [2.45, 2.75) is 51.0 Å². The number of carbonyl (C=O) groups is 2. The summed E-state index contributed by atoms with van der Waals surface area (Å²) in [6.45, 7) is 6.16. The first-order valence-corrected chi connectivity index (χ1v) is 8.49. The lowest BCUT2D eigenvalue weighted by Gasteiger charge is -2.19. The molecule has 1 aliphatic rings. The van der Waals surface area contributed by atoms with Crippen molar-refractivity contribution in [3.63, 3.8) is 0 Å². The summed E-state index contributed by atoms with van der Waals surface area (Å²) in [6, 6.07) is 0. The molecule has 9 heteroatoms. The van der Waals surface area contributed by atoms with Crippen LogP contribution >= 0.6 is 11.8 Å². The van der Waals surface area contributed by atoms with E-state index < -0.39 is 11.7 Å². The van der Waals surface area contributed by atoms with Gasteiger partial charge in [0.1, 0.15) is 5.60 Å². The van der Waals surface area contributed by atoms with E-state index in [1.165, 1.54) is 24.6 Å². The molecule has 0 radical (unpaired) electrons. The minimum absolute atomic E-state index is 0.0477. The molecule has 2 N–H and O–H groups in total. The third-order valence-corrected chi connectivity index (χ3v) is 3.66. The SMILES string of the molecule is CC(C)(C)OC(=O)NCc1nnc(SCC(=O)NCC2CC2)o1. The molecule has 1 heterocycles. The van der Waals surface area contributed by atoms with Crippen molar-refractivity contribution in [3.8, 4) is 0 Å². The molecule has 8 nitrogen and oxygen atoms in total. The number of amides is 2. The Morgan fingerprint density at radius 2 is 2.04 bits per heavy atom. The zero-order chi connectivity index (χ0) is 16.9. The van der Waals surface area contributed by atoms with Gasteiger partial charge in [0, 0.05) is 6.54 Å². The summed E-state index contributed by atoms with van der Waals surface area (Å²) in [7, 11) is 0. The monoisotopic (exact) mass is 342 g/mol. The summed E-state index contributed by atoms with van der Waals surface area (Å²) < 4.78 is 10.4. The lowest BCUT2D eigenvalue weighted by molar-refractivity contribution is -0.118. The van der Waals surface area contributed by atoms with Gasteiger partial charge in [0.25, 0.3) is 5.22 Å². The molecule has 128 valence electrons. The topological polar surface area (TPSA) is 106 Å². The van der Waals surface area contributed by atoms with E-state index in [2.05, 4.69) is 20.8 Å².